The van der Waals surface area contributed by atoms with Crippen LogP contribution < -0.4 is 0 Å². The highest BCUT2D eigenvalue weighted by Crippen LogP contribution is 2.44. The van der Waals surface area contributed by atoms with Gasteiger partial charge in [0, 0.05) is 6.42 Å². The monoisotopic (exact) mass is 553 g/mol. The third kappa shape index (κ3) is 19.6. The molecule has 0 amide bonds. The molecule has 2 N–H and O–H groups in total. The maximum atomic E-state index is 13.0. The second kappa shape index (κ2) is 24.7. The van der Waals surface area contributed by atoms with Crippen molar-refractivity contribution in [2.24, 2.45) is 23.2 Å². The number of carboxylic acids is 2. The minimum absolute atomic E-state index is 0.312. The van der Waals surface area contributed by atoms with Crippen LogP contribution in [0.2, 0.25) is 0 Å². The van der Waals surface area contributed by atoms with Crippen LogP contribution >= 0.6 is 0 Å². The van der Waals surface area contributed by atoms with Crippen molar-refractivity contribution >= 4 is 11.9 Å². The van der Waals surface area contributed by atoms with Crippen molar-refractivity contribution in [1.29, 1.82) is 0 Å². The number of hydrogen-bond donors (Lipinski definition) is 2. The van der Waals surface area contributed by atoms with Crippen LogP contribution in [0.25, 0.3) is 0 Å². The van der Waals surface area contributed by atoms with Gasteiger partial charge in [-0.2, -0.15) is 0 Å². The Balaban J connectivity index is 4.64. The van der Waals surface area contributed by atoms with Crippen LogP contribution in [0.15, 0.2) is 0 Å². The molecular formula is C35H68O4. The molecule has 0 rings (SSSR count). The summed E-state index contributed by atoms with van der Waals surface area (Å²) in [5.74, 6) is 0.324. The highest BCUT2D eigenvalue weighted by Gasteiger charge is 2.42. The minimum atomic E-state index is -0.675. The van der Waals surface area contributed by atoms with Gasteiger partial charge in [-0.1, -0.05) is 157 Å². The van der Waals surface area contributed by atoms with Crippen LogP contribution in [0.1, 0.15) is 189 Å². The van der Waals surface area contributed by atoms with E-state index in [-0.39, 0.29) is 0 Å². The molecule has 0 aromatic rings. The molecule has 0 aromatic carbocycles. The fraction of sp³-hybridized carbons (Fsp3) is 0.943. The van der Waals surface area contributed by atoms with Crippen molar-refractivity contribution in [3.8, 4) is 0 Å². The van der Waals surface area contributed by atoms with Gasteiger partial charge in [-0.15, -0.1) is 0 Å². The first-order chi connectivity index (χ1) is 18.7. The average molecular weight is 553 g/mol. The van der Waals surface area contributed by atoms with Crippen molar-refractivity contribution in [2.45, 2.75) is 189 Å². The molecule has 0 spiro atoms. The Morgan fingerprint density at radius 2 is 0.974 bits per heavy atom. The van der Waals surface area contributed by atoms with Crippen molar-refractivity contribution in [1.82, 2.24) is 0 Å². The predicted octanol–water partition coefficient (Wildman–Crippen LogP) is 11.5. The van der Waals surface area contributed by atoms with Gasteiger partial charge in [0.15, 0.2) is 0 Å². The van der Waals surface area contributed by atoms with E-state index in [1.165, 1.54) is 89.9 Å². The summed E-state index contributed by atoms with van der Waals surface area (Å²) in [6, 6.07) is 0. The van der Waals surface area contributed by atoms with E-state index in [1.807, 2.05) is 0 Å². The lowest BCUT2D eigenvalue weighted by Crippen LogP contribution is -2.37. The molecule has 0 saturated carbocycles. The molecule has 0 aromatic heterocycles. The molecule has 0 heterocycles. The van der Waals surface area contributed by atoms with Crippen molar-refractivity contribution in [3.05, 3.63) is 0 Å². The number of unbranched alkanes of at least 4 members (excludes halogenated alkanes) is 12. The van der Waals surface area contributed by atoms with Crippen molar-refractivity contribution < 1.29 is 19.8 Å². The van der Waals surface area contributed by atoms with Crippen LogP contribution in [0.4, 0.5) is 0 Å². The third-order valence-corrected chi connectivity index (χ3v) is 9.23. The van der Waals surface area contributed by atoms with Crippen LogP contribution in [0.3, 0.4) is 0 Å². The van der Waals surface area contributed by atoms with E-state index in [4.69, 9.17) is 5.11 Å². The molecule has 0 saturated heterocycles. The molecule has 0 aliphatic heterocycles. The van der Waals surface area contributed by atoms with Gasteiger partial charge in [0.2, 0.25) is 0 Å². The maximum absolute atomic E-state index is 13.0. The van der Waals surface area contributed by atoms with E-state index in [1.54, 1.807) is 0 Å². The molecule has 0 fully saturated rings. The summed E-state index contributed by atoms with van der Waals surface area (Å²) in [4.78, 5) is 23.5. The minimum Gasteiger partial charge on any atom is -0.481 e. The SMILES string of the molecule is CCCCC(CC)CC(CC(C)CCCCCCCCCCCCCC(=O)O)(CC(CC)CCCC)C(=O)O. The Bertz CT molecular complexity index is 569. The summed E-state index contributed by atoms with van der Waals surface area (Å²) in [6.45, 7) is 11.3. The summed E-state index contributed by atoms with van der Waals surface area (Å²) in [6.07, 6.45) is 26.6. The fourth-order valence-electron chi connectivity index (χ4n) is 6.63. The number of aliphatic carboxylic acids is 2. The van der Waals surface area contributed by atoms with E-state index in [9.17, 15) is 14.7 Å². The molecule has 0 radical (unpaired) electrons. The Kier molecular flexibility index (Phi) is 24.0. The van der Waals surface area contributed by atoms with Gasteiger partial charge in [0.05, 0.1) is 5.41 Å². The highest BCUT2D eigenvalue weighted by atomic mass is 16.4. The molecule has 0 aliphatic rings. The zero-order valence-corrected chi connectivity index (χ0v) is 26.9. The first-order valence-electron chi connectivity index (χ1n) is 17.2. The largest absolute Gasteiger partial charge is 0.481 e. The Labute approximate surface area is 243 Å². The lowest BCUT2D eigenvalue weighted by Gasteiger charge is -2.38. The summed E-state index contributed by atoms with van der Waals surface area (Å²) in [5.41, 5.74) is -0.560. The lowest BCUT2D eigenvalue weighted by atomic mass is 9.66. The molecule has 3 atom stereocenters. The zero-order valence-electron chi connectivity index (χ0n) is 26.9. The molecule has 4 heteroatoms. The summed E-state index contributed by atoms with van der Waals surface area (Å²) < 4.78 is 0. The first kappa shape index (κ1) is 37.9. The first-order valence-corrected chi connectivity index (χ1v) is 17.2. The fourth-order valence-corrected chi connectivity index (χ4v) is 6.63. The molecule has 0 aliphatic carbocycles. The number of rotatable bonds is 29. The van der Waals surface area contributed by atoms with Gasteiger partial charge < -0.3 is 10.2 Å². The van der Waals surface area contributed by atoms with Gasteiger partial charge in [-0.05, 0) is 43.4 Å². The molecule has 0 bridgehead atoms. The van der Waals surface area contributed by atoms with Crippen LogP contribution in [0.5, 0.6) is 0 Å². The van der Waals surface area contributed by atoms with Crippen LogP contribution in [0, 0.1) is 23.2 Å². The summed E-state index contributed by atoms with van der Waals surface area (Å²) >= 11 is 0. The van der Waals surface area contributed by atoms with E-state index in [0.29, 0.717) is 24.2 Å². The van der Waals surface area contributed by atoms with Crippen LogP contribution in [-0.4, -0.2) is 22.2 Å². The van der Waals surface area contributed by atoms with Gasteiger partial charge in [-0.25, -0.2) is 0 Å². The summed E-state index contributed by atoms with van der Waals surface area (Å²) in [5, 5.41) is 19.4. The van der Waals surface area contributed by atoms with Gasteiger partial charge in [-0.3, -0.25) is 9.59 Å². The average Bonchev–Trinajstić information content (AvgIpc) is 2.90. The van der Waals surface area contributed by atoms with Gasteiger partial charge >= 0.3 is 11.9 Å². The normalized spacial score (nSPS) is 15.5. The molecule has 232 valence electrons. The zero-order chi connectivity index (χ0) is 29.4. The van der Waals surface area contributed by atoms with Gasteiger partial charge in [0.25, 0.3) is 0 Å². The number of carbonyl (C=O) groups is 2. The van der Waals surface area contributed by atoms with E-state index >= 15 is 0 Å². The molecule has 4 nitrogen and oxygen atoms in total. The summed E-state index contributed by atoms with van der Waals surface area (Å²) in [7, 11) is 0. The predicted molar refractivity (Wildman–Crippen MR) is 167 cm³/mol. The van der Waals surface area contributed by atoms with Crippen LogP contribution in [-0.2, 0) is 9.59 Å². The van der Waals surface area contributed by atoms with E-state index in [0.717, 1.165) is 57.8 Å². The van der Waals surface area contributed by atoms with Gasteiger partial charge in [0.1, 0.15) is 0 Å². The number of carboxylic acid groups (broad SMARTS) is 2. The third-order valence-electron chi connectivity index (χ3n) is 9.23. The van der Waals surface area contributed by atoms with Crippen molar-refractivity contribution in [3.63, 3.8) is 0 Å². The van der Waals surface area contributed by atoms with Crippen molar-refractivity contribution in [2.75, 3.05) is 0 Å². The standard InChI is InChI=1S/C35H68O4/c1-6-10-24-31(8-3)28-35(34(38)39,29-32(9-4)25-11-7-2)27-30(5)23-21-19-17-15-13-12-14-16-18-20-22-26-33(36)37/h30-32H,6-29H2,1-5H3,(H,36,37)(H,38,39). The number of hydrogen-bond acceptors (Lipinski definition) is 2. The topological polar surface area (TPSA) is 74.6 Å². The Morgan fingerprint density at radius 1 is 0.564 bits per heavy atom. The Hall–Kier alpha value is -1.06. The molecular weight excluding hydrogens is 484 g/mol. The molecule has 39 heavy (non-hydrogen) atoms. The van der Waals surface area contributed by atoms with E-state index in [2.05, 4.69) is 34.6 Å². The molecule has 3 unspecified atom stereocenters. The smallest absolute Gasteiger partial charge is 0.309 e. The Morgan fingerprint density at radius 3 is 1.33 bits per heavy atom. The highest BCUT2D eigenvalue weighted by molar-refractivity contribution is 5.74. The lowest BCUT2D eigenvalue weighted by molar-refractivity contribution is -0.153. The second-order valence-electron chi connectivity index (χ2n) is 13.0. The second-order valence-corrected chi connectivity index (χ2v) is 13.0. The maximum Gasteiger partial charge on any atom is 0.309 e. The quantitative estimate of drug-likeness (QED) is 0.0905. The van der Waals surface area contributed by atoms with E-state index < -0.39 is 17.4 Å².